The molecule has 0 aliphatic heterocycles. The van der Waals surface area contributed by atoms with E-state index in [0.717, 1.165) is 30.3 Å². The van der Waals surface area contributed by atoms with Crippen LogP contribution in [-0.4, -0.2) is 36.9 Å². The second-order valence-corrected chi connectivity index (χ2v) is 9.41. The molecule has 0 spiro atoms. The average molecular weight is 483 g/mol. The molecule has 0 aliphatic rings. The molecule has 1 atom stereocenters. The molecule has 174 valence electrons. The van der Waals surface area contributed by atoms with Gasteiger partial charge in [-0.05, 0) is 18.9 Å². The van der Waals surface area contributed by atoms with E-state index in [1.54, 1.807) is 0 Å². The highest BCUT2D eigenvalue weighted by molar-refractivity contribution is 5.83. The predicted molar refractivity (Wildman–Crippen MR) is 127 cm³/mol. The molecule has 0 N–H and O–H groups in total. The Bertz CT molecular complexity index is 529. The van der Waals surface area contributed by atoms with Crippen LogP contribution in [0.3, 0.4) is 0 Å². The Morgan fingerprint density at radius 2 is 1.23 bits per heavy atom. The van der Waals surface area contributed by atoms with E-state index in [4.69, 9.17) is 0 Å². The van der Waals surface area contributed by atoms with Gasteiger partial charge in [0, 0.05) is 12.8 Å². The number of rotatable bonds is 18. The third-order valence-electron chi connectivity index (χ3n) is 6.58. The van der Waals surface area contributed by atoms with Gasteiger partial charge in [-0.25, -0.2) is 0 Å². The lowest BCUT2D eigenvalue weighted by atomic mass is 9.95. The van der Waals surface area contributed by atoms with Gasteiger partial charge in [0.05, 0.1) is 20.6 Å². The third kappa shape index (κ3) is 12.9. The van der Waals surface area contributed by atoms with Crippen LogP contribution in [0.5, 0.6) is 0 Å². The number of unbranched alkanes of at least 4 members (excludes halogenated alkanes) is 11. The normalized spacial score (nSPS) is 12.4. The summed E-state index contributed by atoms with van der Waals surface area (Å²) in [5.74, 6) is 0.452. The average Bonchev–Trinajstić information content (AvgIpc) is 2.73. The number of carbonyl (C=O) groups excluding carboxylic acids is 1. The molecule has 1 aromatic rings. The maximum atomic E-state index is 13.0. The van der Waals surface area contributed by atoms with E-state index >= 15 is 0 Å². The highest BCUT2D eigenvalue weighted by Gasteiger charge is 2.32. The van der Waals surface area contributed by atoms with Crippen molar-refractivity contribution in [1.29, 1.82) is 0 Å². The van der Waals surface area contributed by atoms with Crippen LogP contribution in [0.2, 0.25) is 0 Å². The summed E-state index contributed by atoms with van der Waals surface area (Å²) in [4.78, 5) is 13.0. The van der Waals surface area contributed by atoms with Gasteiger partial charge in [0.15, 0.2) is 11.8 Å². The van der Waals surface area contributed by atoms with E-state index in [-0.39, 0.29) is 23.0 Å². The summed E-state index contributed by atoms with van der Waals surface area (Å²) in [6.45, 7) is 5.46. The molecule has 0 amide bonds. The Hall–Kier alpha value is -0.670. The molecule has 0 bridgehead atoms. The number of likely N-dealkylation sites (N-methyl/N-ethyl adjacent to an activating group) is 1. The first-order chi connectivity index (χ1) is 14.0. The minimum Gasteiger partial charge on any atom is -1.00 e. The summed E-state index contributed by atoms with van der Waals surface area (Å²) >= 11 is 0. The van der Waals surface area contributed by atoms with Gasteiger partial charge in [-0.3, -0.25) is 4.79 Å². The fourth-order valence-electron chi connectivity index (χ4n) is 4.12. The van der Waals surface area contributed by atoms with Crippen molar-refractivity contribution in [2.75, 3.05) is 20.6 Å². The topological polar surface area (TPSA) is 17.1 Å². The Morgan fingerprint density at radius 1 is 0.767 bits per heavy atom. The molecule has 0 saturated heterocycles. The number of halogens is 1. The van der Waals surface area contributed by atoms with Gasteiger partial charge in [-0.1, -0.05) is 108 Å². The highest BCUT2D eigenvalue weighted by atomic mass is 79.9. The molecule has 0 aliphatic carbocycles. The van der Waals surface area contributed by atoms with Crippen LogP contribution >= 0.6 is 0 Å². The van der Waals surface area contributed by atoms with Gasteiger partial charge in [0.1, 0.15) is 0 Å². The number of nitrogens with zero attached hydrogens (tertiary/aromatic N) is 1. The summed E-state index contributed by atoms with van der Waals surface area (Å²) in [5, 5.41) is 0. The Kier molecular flexibility index (Phi) is 17.6. The standard InChI is InChI=1S/C27H48NO.BrH/c1-5-7-8-9-10-11-12-13-14-15-16-20-23-27(29)26(28(3,4)6-2)24-25-21-18-17-19-22-25;/h17-19,21-22,26H,5-16,20,23-24H2,1-4H3;1H/q+1;/p-1. The van der Waals surface area contributed by atoms with Crippen molar-refractivity contribution in [3.05, 3.63) is 35.9 Å². The van der Waals surface area contributed by atoms with Crippen LogP contribution in [0.25, 0.3) is 0 Å². The number of hydrogen-bond acceptors (Lipinski definition) is 1. The SMILES string of the molecule is CCCCCCCCCCCCCCC(=O)C(Cc1ccccc1)[N+](C)(C)CC.[Br-]. The molecule has 1 aromatic carbocycles. The lowest BCUT2D eigenvalue weighted by Gasteiger charge is -2.36. The molecule has 0 saturated carbocycles. The van der Waals surface area contributed by atoms with Crippen LogP contribution in [0, 0.1) is 0 Å². The minimum absolute atomic E-state index is 0. The fraction of sp³-hybridized carbons (Fsp3) is 0.741. The zero-order chi connectivity index (χ0) is 21.4. The smallest absolute Gasteiger partial charge is 0.190 e. The maximum Gasteiger partial charge on any atom is 0.190 e. The van der Waals surface area contributed by atoms with Gasteiger partial charge in [-0.2, -0.15) is 0 Å². The van der Waals surface area contributed by atoms with Gasteiger partial charge < -0.3 is 21.5 Å². The molecule has 0 radical (unpaired) electrons. The van der Waals surface area contributed by atoms with E-state index in [1.807, 2.05) is 6.07 Å². The largest absolute Gasteiger partial charge is 1.00 e. The summed E-state index contributed by atoms with van der Waals surface area (Å²) in [7, 11) is 4.40. The van der Waals surface area contributed by atoms with Gasteiger partial charge >= 0.3 is 0 Å². The summed E-state index contributed by atoms with van der Waals surface area (Å²) in [6.07, 6.45) is 17.7. The van der Waals surface area contributed by atoms with E-state index in [2.05, 4.69) is 52.2 Å². The van der Waals surface area contributed by atoms with Crippen molar-refractivity contribution in [2.45, 2.75) is 110 Å². The quantitative estimate of drug-likeness (QED) is 0.225. The van der Waals surface area contributed by atoms with Crippen LogP contribution in [0.15, 0.2) is 30.3 Å². The van der Waals surface area contributed by atoms with Gasteiger partial charge in [0.2, 0.25) is 0 Å². The van der Waals surface area contributed by atoms with Gasteiger partial charge in [-0.15, -0.1) is 0 Å². The molecule has 3 heteroatoms. The summed E-state index contributed by atoms with van der Waals surface area (Å²) in [5.41, 5.74) is 1.28. The second-order valence-electron chi connectivity index (χ2n) is 9.41. The molecular formula is C27H48BrNO. The third-order valence-corrected chi connectivity index (χ3v) is 6.58. The number of ketones is 1. The van der Waals surface area contributed by atoms with Crippen LogP contribution in [-0.2, 0) is 11.2 Å². The van der Waals surface area contributed by atoms with Gasteiger partial charge in [0.25, 0.3) is 0 Å². The fourth-order valence-corrected chi connectivity index (χ4v) is 4.12. The van der Waals surface area contributed by atoms with Crippen LogP contribution in [0.1, 0.15) is 103 Å². The van der Waals surface area contributed by atoms with Crippen molar-refractivity contribution in [3.8, 4) is 0 Å². The Balaban J connectivity index is 0.00000841. The molecule has 1 unspecified atom stereocenters. The van der Waals surface area contributed by atoms with Crippen LogP contribution in [0.4, 0.5) is 0 Å². The zero-order valence-electron chi connectivity index (χ0n) is 20.3. The van der Waals surface area contributed by atoms with Crippen molar-refractivity contribution in [3.63, 3.8) is 0 Å². The second kappa shape index (κ2) is 18.0. The lowest BCUT2D eigenvalue weighted by Crippen LogP contribution is -3.00. The number of Topliss-reactive ketones (excluding diaryl/α,β-unsaturated/α-hetero) is 1. The highest BCUT2D eigenvalue weighted by Crippen LogP contribution is 2.18. The first kappa shape index (κ1) is 29.3. The summed E-state index contributed by atoms with van der Waals surface area (Å²) < 4.78 is 0.784. The molecule has 0 aromatic heterocycles. The zero-order valence-corrected chi connectivity index (χ0v) is 21.9. The molecule has 0 heterocycles. The minimum atomic E-state index is 0. The molecule has 0 fully saturated rings. The van der Waals surface area contributed by atoms with E-state index in [0.29, 0.717) is 5.78 Å². The molecule has 1 rings (SSSR count). The number of benzene rings is 1. The lowest BCUT2D eigenvalue weighted by molar-refractivity contribution is -0.904. The number of quaternary nitrogens is 1. The van der Waals surface area contributed by atoms with Crippen molar-refractivity contribution in [1.82, 2.24) is 0 Å². The number of hydrogen-bond donors (Lipinski definition) is 0. The van der Waals surface area contributed by atoms with Crippen molar-refractivity contribution < 1.29 is 26.3 Å². The van der Waals surface area contributed by atoms with Crippen molar-refractivity contribution in [2.24, 2.45) is 0 Å². The first-order valence-corrected chi connectivity index (χ1v) is 12.4. The molecular weight excluding hydrogens is 434 g/mol. The number of carbonyl (C=O) groups is 1. The maximum absolute atomic E-state index is 13.0. The Labute approximate surface area is 198 Å². The first-order valence-electron chi connectivity index (χ1n) is 12.4. The summed E-state index contributed by atoms with van der Waals surface area (Å²) in [6, 6.07) is 10.6. The Morgan fingerprint density at radius 3 is 1.70 bits per heavy atom. The van der Waals surface area contributed by atoms with E-state index in [9.17, 15) is 4.79 Å². The monoisotopic (exact) mass is 481 g/mol. The molecule has 2 nitrogen and oxygen atoms in total. The van der Waals surface area contributed by atoms with E-state index in [1.165, 1.54) is 76.2 Å². The van der Waals surface area contributed by atoms with Crippen molar-refractivity contribution >= 4 is 5.78 Å². The van der Waals surface area contributed by atoms with E-state index < -0.39 is 0 Å². The van der Waals surface area contributed by atoms with Crippen LogP contribution < -0.4 is 17.0 Å². The predicted octanol–water partition coefficient (Wildman–Crippen LogP) is 4.36. The molecule has 30 heavy (non-hydrogen) atoms.